The summed E-state index contributed by atoms with van der Waals surface area (Å²) in [5, 5.41) is 0. The van der Waals surface area contributed by atoms with Gasteiger partial charge in [-0.05, 0) is 12.0 Å². The van der Waals surface area contributed by atoms with E-state index < -0.39 is 5.92 Å². The number of halogens is 2. The van der Waals surface area contributed by atoms with Crippen LogP contribution in [0.1, 0.15) is 24.5 Å². The molecule has 0 saturated carbocycles. The lowest BCUT2D eigenvalue weighted by Gasteiger charge is -2.14. The monoisotopic (exact) mass is 196 g/mol. The first-order valence-corrected chi connectivity index (χ1v) is 4.68. The van der Waals surface area contributed by atoms with Crippen molar-refractivity contribution in [1.29, 1.82) is 0 Å². The number of hydrogen-bond acceptors (Lipinski definition) is 0. The van der Waals surface area contributed by atoms with Gasteiger partial charge in [0.15, 0.2) is 0 Å². The normalized spacial score (nSPS) is 11.4. The molecular weight excluding hydrogens is 182 g/mol. The van der Waals surface area contributed by atoms with Crippen molar-refractivity contribution in [3.8, 4) is 0 Å². The molecule has 1 aromatic carbocycles. The summed E-state index contributed by atoms with van der Waals surface area (Å²) in [6, 6.07) is 6.42. The molecule has 0 aliphatic carbocycles. The van der Waals surface area contributed by atoms with Gasteiger partial charge in [0.25, 0.3) is 5.92 Å². The lowest BCUT2D eigenvalue weighted by molar-refractivity contribution is -0.00829. The fourth-order valence-electron chi connectivity index (χ4n) is 1.26. The maximum atomic E-state index is 13.2. The second-order valence-corrected chi connectivity index (χ2v) is 3.25. The van der Waals surface area contributed by atoms with Crippen LogP contribution < -0.4 is 0 Å². The van der Waals surface area contributed by atoms with Gasteiger partial charge in [0, 0.05) is 12.0 Å². The Morgan fingerprint density at radius 1 is 1.29 bits per heavy atom. The van der Waals surface area contributed by atoms with Crippen LogP contribution in [0.3, 0.4) is 0 Å². The average Bonchev–Trinajstić information content (AvgIpc) is 2.19. The summed E-state index contributed by atoms with van der Waals surface area (Å²) in [7, 11) is 0. The SMILES string of the molecule is C=CCc1ccc(C(F)(F)CC)cc1. The van der Waals surface area contributed by atoms with Crippen molar-refractivity contribution in [2.45, 2.75) is 25.7 Å². The minimum absolute atomic E-state index is 0.0906. The fourth-order valence-corrected chi connectivity index (χ4v) is 1.26. The highest BCUT2D eigenvalue weighted by atomic mass is 19.3. The van der Waals surface area contributed by atoms with Gasteiger partial charge in [-0.3, -0.25) is 0 Å². The van der Waals surface area contributed by atoms with Gasteiger partial charge in [-0.2, -0.15) is 0 Å². The molecule has 1 aromatic rings. The first-order chi connectivity index (χ1) is 6.60. The van der Waals surface area contributed by atoms with Gasteiger partial charge in [0.1, 0.15) is 0 Å². The van der Waals surface area contributed by atoms with E-state index in [1.54, 1.807) is 18.2 Å². The van der Waals surface area contributed by atoms with Crippen LogP contribution >= 0.6 is 0 Å². The molecule has 0 unspecified atom stereocenters. The van der Waals surface area contributed by atoms with E-state index in [4.69, 9.17) is 0 Å². The van der Waals surface area contributed by atoms with Crippen LogP contribution in [-0.2, 0) is 12.3 Å². The minimum atomic E-state index is -2.70. The van der Waals surface area contributed by atoms with E-state index in [1.807, 2.05) is 0 Å². The third kappa shape index (κ3) is 2.41. The minimum Gasteiger partial charge on any atom is -0.201 e. The molecule has 0 bridgehead atoms. The van der Waals surface area contributed by atoms with E-state index in [9.17, 15) is 8.78 Å². The Morgan fingerprint density at radius 2 is 1.86 bits per heavy atom. The first-order valence-electron chi connectivity index (χ1n) is 4.68. The van der Waals surface area contributed by atoms with Crippen LogP contribution in [0.5, 0.6) is 0 Å². The topological polar surface area (TPSA) is 0 Å². The predicted molar refractivity (Wildman–Crippen MR) is 54.5 cm³/mol. The summed E-state index contributed by atoms with van der Waals surface area (Å²) in [5.41, 5.74) is 1.10. The number of rotatable bonds is 4. The molecule has 0 spiro atoms. The molecule has 0 amide bonds. The molecule has 0 heterocycles. The summed E-state index contributed by atoms with van der Waals surface area (Å²) >= 11 is 0. The van der Waals surface area contributed by atoms with Crippen LogP contribution in [0.25, 0.3) is 0 Å². The highest BCUT2D eigenvalue weighted by Gasteiger charge is 2.28. The molecule has 2 heteroatoms. The Balaban J connectivity index is 2.87. The largest absolute Gasteiger partial charge is 0.273 e. The van der Waals surface area contributed by atoms with E-state index >= 15 is 0 Å². The maximum Gasteiger partial charge on any atom is 0.273 e. The molecule has 0 fully saturated rings. The predicted octanol–water partition coefficient (Wildman–Crippen LogP) is 3.92. The highest BCUT2D eigenvalue weighted by molar-refractivity contribution is 5.26. The third-order valence-electron chi connectivity index (χ3n) is 2.20. The van der Waals surface area contributed by atoms with Crippen LogP contribution in [0.15, 0.2) is 36.9 Å². The number of hydrogen-bond donors (Lipinski definition) is 0. The zero-order valence-corrected chi connectivity index (χ0v) is 8.26. The Kier molecular flexibility index (Phi) is 3.39. The Hall–Kier alpha value is -1.18. The van der Waals surface area contributed by atoms with Gasteiger partial charge in [-0.15, -0.1) is 6.58 Å². The van der Waals surface area contributed by atoms with Gasteiger partial charge in [0.05, 0.1) is 0 Å². The molecule has 0 saturated heterocycles. The number of benzene rings is 1. The molecule has 1 rings (SSSR count). The van der Waals surface area contributed by atoms with Crippen LogP contribution in [0.4, 0.5) is 8.78 Å². The van der Waals surface area contributed by atoms with E-state index in [0.29, 0.717) is 0 Å². The second kappa shape index (κ2) is 4.36. The summed E-state index contributed by atoms with van der Waals surface area (Å²) in [6.45, 7) is 5.08. The van der Waals surface area contributed by atoms with Gasteiger partial charge >= 0.3 is 0 Å². The Morgan fingerprint density at radius 3 is 2.29 bits per heavy atom. The maximum absolute atomic E-state index is 13.2. The van der Waals surface area contributed by atoms with Crippen LogP contribution in [-0.4, -0.2) is 0 Å². The van der Waals surface area contributed by atoms with E-state index in [2.05, 4.69) is 6.58 Å². The summed E-state index contributed by atoms with van der Waals surface area (Å²) in [6.07, 6.45) is 2.32. The molecular formula is C12H14F2. The summed E-state index contributed by atoms with van der Waals surface area (Å²) < 4.78 is 26.4. The number of allylic oxidation sites excluding steroid dienone is 1. The Bertz CT molecular complexity index is 299. The summed E-state index contributed by atoms with van der Waals surface area (Å²) in [5.74, 6) is -2.70. The van der Waals surface area contributed by atoms with Crippen molar-refractivity contribution in [2.75, 3.05) is 0 Å². The molecule has 0 aromatic heterocycles. The van der Waals surface area contributed by atoms with E-state index in [-0.39, 0.29) is 12.0 Å². The molecule has 0 atom stereocenters. The average molecular weight is 196 g/mol. The Labute approximate surface area is 83.3 Å². The zero-order chi connectivity index (χ0) is 10.6. The molecule has 0 aliphatic rings. The van der Waals surface area contributed by atoms with Crippen molar-refractivity contribution >= 4 is 0 Å². The van der Waals surface area contributed by atoms with Gasteiger partial charge in [-0.25, -0.2) is 8.78 Å². The molecule has 0 radical (unpaired) electrons. The van der Waals surface area contributed by atoms with Crippen molar-refractivity contribution in [1.82, 2.24) is 0 Å². The summed E-state index contributed by atoms with van der Waals surface area (Å²) in [4.78, 5) is 0. The zero-order valence-electron chi connectivity index (χ0n) is 8.26. The van der Waals surface area contributed by atoms with Crippen molar-refractivity contribution in [2.24, 2.45) is 0 Å². The van der Waals surface area contributed by atoms with Crippen LogP contribution in [0, 0.1) is 0 Å². The molecule has 0 nitrogen and oxygen atoms in total. The number of alkyl halides is 2. The third-order valence-corrected chi connectivity index (χ3v) is 2.20. The standard InChI is InChI=1S/C12H14F2/c1-3-5-10-6-8-11(9-7-10)12(13,14)4-2/h3,6-9H,1,4-5H2,2H3. The fraction of sp³-hybridized carbons (Fsp3) is 0.333. The van der Waals surface area contributed by atoms with Crippen molar-refractivity contribution in [3.05, 3.63) is 48.0 Å². The van der Waals surface area contributed by atoms with Crippen molar-refractivity contribution in [3.63, 3.8) is 0 Å². The van der Waals surface area contributed by atoms with Crippen LogP contribution in [0.2, 0.25) is 0 Å². The quantitative estimate of drug-likeness (QED) is 0.640. The van der Waals surface area contributed by atoms with E-state index in [1.165, 1.54) is 19.1 Å². The molecule has 0 N–H and O–H groups in total. The highest BCUT2D eigenvalue weighted by Crippen LogP contribution is 2.31. The lowest BCUT2D eigenvalue weighted by Crippen LogP contribution is -2.11. The smallest absolute Gasteiger partial charge is 0.201 e. The molecule has 0 aliphatic heterocycles. The first kappa shape index (κ1) is 10.9. The van der Waals surface area contributed by atoms with Gasteiger partial charge in [0.2, 0.25) is 0 Å². The molecule has 14 heavy (non-hydrogen) atoms. The van der Waals surface area contributed by atoms with Gasteiger partial charge < -0.3 is 0 Å². The van der Waals surface area contributed by atoms with E-state index in [0.717, 1.165) is 12.0 Å². The second-order valence-electron chi connectivity index (χ2n) is 3.25. The lowest BCUT2D eigenvalue weighted by atomic mass is 10.0. The van der Waals surface area contributed by atoms with Crippen molar-refractivity contribution < 1.29 is 8.78 Å². The molecule has 76 valence electrons. The van der Waals surface area contributed by atoms with Gasteiger partial charge in [-0.1, -0.05) is 37.3 Å².